The number of fused-ring (bicyclic) bond motifs is 2. The highest BCUT2D eigenvalue weighted by atomic mass is 16.5. The summed E-state index contributed by atoms with van der Waals surface area (Å²) in [6.45, 7) is 1.92. The lowest BCUT2D eigenvalue weighted by Crippen LogP contribution is -1.96. The second-order valence-electron chi connectivity index (χ2n) is 4.54. The molecule has 0 aromatic heterocycles. The number of carbonyl (C=O) groups is 1. The summed E-state index contributed by atoms with van der Waals surface area (Å²) in [6, 6.07) is 8.85. The average Bonchev–Trinajstić information content (AvgIpc) is 2.75. The summed E-state index contributed by atoms with van der Waals surface area (Å²) < 4.78 is 5.23. The van der Waals surface area contributed by atoms with Gasteiger partial charge >= 0.3 is 5.97 Å². The van der Waals surface area contributed by atoms with Crippen molar-refractivity contribution in [3.05, 3.63) is 41.0 Å². The number of nitriles is 1. The van der Waals surface area contributed by atoms with Crippen LogP contribution in [0.2, 0.25) is 0 Å². The quantitative estimate of drug-likeness (QED) is 0.793. The minimum atomic E-state index is -0.481. The minimum absolute atomic E-state index is 0.0575. The van der Waals surface area contributed by atoms with Gasteiger partial charge in [0.05, 0.1) is 11.6 Å². The van der Waals surface area contributed by atoms with Crippen LogP contribution in [-0.2, 0) is 4.74 Å². The lowest BCUT2D eigenvalue weighted by Gasteiger charge is -2.09. The second-order valence-corrected chi connectivity index (χ2v) is 4.54. The lowest BCUT2D eigenvalue weighted by atomic mass is 9.96. The van der Waals surface area contributed by atoms with E-state index in [-0.39, 0.29) is 17.4 Å². The van der Waals surface area contributed by atoms with Crippen LogP contribution in [0.4, 0.5) is 0 Å². The molecule has 0 radical (unpaired) electrons. The molecule has 0 spiro atoms. The molecular formula is C15H11NO3. The average molecular weight is 253 g/mol. The molecule has 4 nitrogen and oxygen atoms in total. The van der Waals surface area contributed by atoms with Gasteiger partial charge in [-0.25, -0.2) is 4.79 Å². The summed E-state index contributed by atoms with van der Waals surface area (Å²) in [4.78, 5) is 11.8. The summed E-state index contributed by atoms with van der Waals surface area (Å²) in [5, 5.41) is 20.4. The molecule has 2 aromatic rings. The van der Waals surface area contributed by atoms with Gasteiger partial charge in [-0.15, -0.1) is 0 Å². The monoisotopic (exact) mass is 253 g/mol. The number of esters is 1. The van der Waals surface area contributed by atoms with Gasteiger partial charge in [-0.05, 0) is 36.1 Å². The van der Waals surface area contributed by atoms with Gasteiger partial charge < -0.3 is 9.84 Å². The normalized spacial score (nSPS) is 17.1. The molecule has 1 aliphatic heterocycles. The van der Waals surface area contributed by atoms with Crippen LogP contribution in [0.15, 0.2) is 24.3 Å². The van der Waals surface area contributed by atoms with E-state index in [9.17, 15) is 9.90 Å². The number of hydrogen-bond donors (Lipinski definition) is 1. The number of cyclic esters (lactones) is 1. The van der Waals surface area contributed by atoms with Gasteiger partial charge in [0.1, 0.15) is 17.4 Å². The molecule has 0 fully saturated rings. The maximum atomic E-state index is 11.8. The number of ether oxygens (including phenoxy) is 1. The van der Waals surface area contributed by atoms with Crippen molar-refractivity contribution in [3.63, 3.8) is 0 Å². The molecule has 0 aliphatic carbocycles. The van der Waals surface area contributed by atoms with E-state index in [4.69, 9.17) is 10.00 Å². The fraction of sp³-hybridized carbons (Fsp3) is 0.200. The maximum absolute atomic E-state index is 11.8. The van der Waals surface area contributed by atoms with Crippen molar-refractivity contribution >= 4 is 16.7 Å². The fourth-order valence-electron chi connectivity index (χ4n) is 2.50. The molecule has 1 N–H and O–H groups in total. The Bertz CT molecular complexity index is 743. The van der Waals surface area contributed by atoms with E-state index >= 15 is 0 Å². The van der Waals surface area contributed by atoms with Gasteiger partial charge in [-0.3, -0.25) is 0 Å². The molecule has 0 saturated heterocycles. The number of phenolic OH excluding ortho intramolecular Hbond substituents is 1. The molecule has 4 heteroatoms. The number of benzene rings is 2. The minimum Gasteiger partial charge on any atom is -0.506 e. The molecule has 19 heavy (non-hydrogen) atoms. The molecule has 0 amide bonds. The van der Waals surface area contributed by atoms with Gasteiger partial charge in [0.15, 0.2) is 0 Å². The van der Waals surface area contributed by atoms with E-state index in [1.54, 1.807) is 18.2 Å². The van der Waals surface area contributed by atoms with Crippen LogP contribution >= 0.6 is 0 Å². The Balaban J connectivity index is 2.36. The number of hydrogen-bond acceptors (Lipinski definition) is 4. The van der Waals surface area contributed by atoms with Crippen molar-refractivity contribution in [2.75, 3.05) is 0 Å². The van der Waals surface area contributed by atoms with E-state index < -0.39 is 5.97 Å². The Morgan fingerprint density at radius 2 is 2.21 bits per heavy atom. The highest BCUT2D eigenvalue weighted by Crippen LogP contribution is 2.42. The predicted molar refractivity (Wildman–Crippen MR) is 68.8 cm³/mol. The Kier molecular flexibility index (Phi) is 2.42. The van der Waals surface area contributed by atoms with Crippen LogP contribution in [-0.4, -0.2) is 11.1 Å². The summed E-state index contributed by atoms with van der Waals surface area (Å²) >= 11 is 0. The summed E-state index contributed by atoms with van der Waals surface area (Å²) in [7, 11) is 0. The summed E-state index contributed by atoms with van der Waals surface area (Å²) in [5.74, 6) is -0.538. The van der Waals surface area contributed by atoms with Crippen LogP contribution in [0.5, 0.6) is 5.75 Å². The molecule has 1 heterocycles. The zero-order valence-electron chi connectivity index (χ0n) is 10.3. The summed E-state index contributed by atoms with van der Waals surface area (Å²) in [5.41, 5.74) is 1.47. The van der Waals surface area contributed by atoms with Gasteiger partial charge in [0.25, 0.3) is 0 Å². The van der Waals surface area contributed by atoms with E-state index in [1.165, 1.54) is 0 Å². The van der Waals surface area contributed by atoms with E-state index in [0.717, 1.165) is 5.39 Å². The first-order valence-electron chi connectivity index (χ1n) is 6.06. The number of phenols is 1. The van der Waals surface area contributed by atoms with Gasteiger partial charge in [0.2, 0.25) is 0 Å². The van der Waals surface area contributed by atoms with Gasteiger partial charge in [-0.2, -0.15) is 5.26 Å². The van der Waals surface area contributed by atoms with Crippen molar-refractivity contribution in [2.24, 2.45) is 0 Å². The Labute approximate surface area is 109 Å². The van der Waals surface area contributed by atoms with Crippen molar-refractivity contribution in [2.45, 2.75) is 19.4 Å². The van der Waals surface area contributed by atoms with Crippen LogP contribution < -0.4 is 0 Å². The first kappa shape index (κ1) is 11.5. The zero-order valence-corrected chi connectivity index (χ0v) is 10.3. The van der Waals surface area contributed by atoms with Crippen LogP contribution in [0.3, 0.4) is 0 Å². The molecule has 1 atom stereocenters. The van der Waals surface area contributed by atoms with Crippen molar-refractivity contribution in [1.82, 2.24) is 0 Å². The SMILES string of the molecule is CCC1OC(=O)c2c1cc1cc(C#N)ccc1c2O. The molecule has 1 aliphatic rings. The van der Waals surface area contributed by atoms with Crippen molar-refractivity contribution in [1.29, 1.82) is 5.26 Å². The molecule has 0 saturated carbocycles. The zero-order chi connectivity index (χ0) is 13.6. The third-order valence-electron chi connectivity index (χ3n) is 3.44. The van der Waals surface area contributed by atoms with Crippen molar-refractivity contribution in [3.8, 4) is 11.8 Å². The molecule has 2 aromatic carbocycles. The van der Waals surface area contributed by atoms with Crippen LogP contribution in [0.25, 0.3) is 10.8 Å². The molecule has 0 bridgehead atoms. The fourth-order valence-corrected chi connectivity index (χ4v) is 2.50. The standard InChI is InChI=1S/C15H11NO3/c1-2-12-11-6-9-5-8(7-16)3-4-10(9)14(17)13(11)15(18)19-12/h3-6,12,17H,2H2,1H3. The highest BCUT2D eigenvalue weighted by molar-refractivity contribution is 6.04. The topological polar surface area (TPSA) is 70.3 Å². The maximum Gasteiger partial charge on any atom is 0.342 e. The van der Waals surface area contributed by atoms with E-state index in [2.05, 4.69) is 6.07 Å². The second kappa shape index (κ2) is 3.99. The van der Waals surface area contributed by atoms with Crippen LogP contribution in [0, 0.1) is 11.3 Å². The summed E-state index contributed by atoms with van der Waals surface area (Å²) in [6.07, 6.45) is 0.338. The van der Waals surface area contributed by atoms with Crippen molar-refractivity contribution < 1.29 is 14.6 Å². The Morgan fingerprint density at radius 3 is 2.89 bits per heavy atom. The Hall–Kier alpha value is -2.54. The number of aromatic hydroxyl groups is 1. The first-order chi connectivity index (χ1) is 9.15. The number of nitrogens with zero attached hydrogens (tertiary/aromatic N) is 1. The number of rotatable bonds is 1. The molecular weight excluding hydrogens is 242 g/mol. The van der Waals surface area contributed by atoms with Crippen LogP contribution in [0.1, 0.15) is 40.9 Å². The molecule has 3 rings (SSSR count). The smallest absolute Gasteiger partial charge is 0.342 e. The predicted octanol–water partition coefficient (Wildman–Crippen LogP) is 3.04. The highest BCUT2D eigenvalue weighted by Gasteiger charge is 2.33. The molecule has 1 unspecified atom stereocenters. The first-order valence-corrected chi connectivity index (χ1v) is 6.06. The Morgan fingerprint density at radius 1 is 1.42 bits per heavy atom. The number of carbonyl (C=O) groups excluding carboxylic acids is 1. The van der Waals surface area contributed by atoms with Gasteiger partial charge in [-0.1, -0.05) is 6.92 Å². The van der Waals surface area contributed by atoms with E-state index in [0.29, 0.717) is 22.9 Å². The van der Waals surface area contributed by atoms with E-state index in [1.807, 2.05) is 13.0 Å². The van der Waals surface area contributed by atoms with Gasteiger partial charge in [0, 0.05) is 10.9 Å². The lowest BCUT2D eigenvalue weighted by molar-refractivity contribution is 0.0377. The largest absolute Gasteiger partial charge is 0.506 e. The third-order valence-corrected chi connectivity index (χ3v) is 3.44. The molecule has 94 valence electrons. The third kappa shape index (κ3) is 1.55.